The van der Waals surface area contributed by atoms with Crippen LogP contribution in [0, 0.1) is 0 Å². The lowest BCUT2D eigenvalue weighted by Crippen LogP contribution is -1.95. The molecule has 2 aromatic heterocycles. The number of nitrogens with one attached hydrogen (secondary N) is 1. The van der Waals surface area contributed by atoms with Crippen molar-refractivity contribution in [2.24, 2.45) is 0 Å². The standard InChI is InChI=1S/C7H10N4O2/c8-5-3(1-2-12)4-6(13-5)11-7(9)10-4/h12H,1-2,8H2,(H3,9,10,11). The Labute approximate surface area is 73.5 Å². The van der Waals surface area contributed by atoms with Gasteiger partial charge in [0, 0.05) is 18.6 Å². The summed E-state index contributed by atoms with van der Waals surface area (Å²) < 4.78 is 5.12. The van der Waals surface area contributed by atoms with Crippen LogP contribution in [0.3, 0.4) is 0 Å². The highest BCUT2D eigenvalue weighted by atomic mass is 16.4. The molecule has 0 atom stereocenters. The first-order chi connectivity index (χ1) is 6.22. The highest BCUT2D eigenvalue weighted by Gasteiger charge is 2.14. The van der Waals surface area contributed by atoms with E-state index in [1.54, 1.807) is 0 Å². The van der Waals surface area contributed by atoms with Gasteiger partial charge in [-0.05, 0) is 0 Å². The third-order valence-corrected chi connectivity index (χ3v) is 1.86. The van der Waals surface area contributed by atoms with E-state index in [0.717, 1.165) is 5.56 Å². The second-order valence-corrected chi connectivity index (χ2v) is 2.72. The molecule has 0 unspecified atom stereocenters. The van der Waals surface area contributed by atoms with Crippen LogP contribution in [0.5, 0.6) is 0 Å². The molecule has 0 bridgehead atoms. The van der Waals surface area contributed by atoms with Crippen LogP contribution < -0.4 is 11.5 Å². The lowest BCUT2D eigenvalue weighted by atomic mass is 10.2. The molecule has 0 amide bonds. The summed E-state index contributed by atoms with van der Waals surface area (Å²) >= 11 is 0. The first-order valence-electron chi connectivity index (χ1n) is 3.85. The Morgan fingerprint density at radius 2 is 2.23 bits per heavy atom. The van der Waals surface area contributed by atoms with E-state index in [1.165, 1.54) is 0 Å². The molecular weight excluding hydrogens is 172 g/mol. The minimum Gasteiger partial charge on any atom is -0.421 e. The fourth-order valence-corrected chi connectivity index (χ4v) is 1.30. The van der Waals surface area contributed by atoms with E-state index >= 15 is 0 Å². The number of aromatic nitrogens is 2. The van der Waals surface area contributed by atoms with E-state index < -0.39 is 0 Å². The minimum absolute atomic E-state index is 0.0117. The molecule has 2 rings (SSSR count). The summed E-state index contributed by atoms with van der Waals surface area (Å²) in [5, 5.41) is 8.77. The van der Waals surface area contributed by atoms with Gasteiger partial charge in [0.15, 0.2) is 5.88 Å². The fourth-order valence-electron chi connectivity index (χ4n) is 1.30. The zero-order chi connectivity index (χ0) is 9.42. The second-order valence-electron chi connectivity index (χ2n) is 2.72. The van der Waals surface area contributed by atoms with Gasteiger partial charge in [0.2, 0.25) is 11.7 Å². The maximum absolute atomic E-state index is 8.77. The average molecular weight is 182 g/mol. The Morgan fingerprint density at radius 1 is 1.46 bits per heavy atom. The topological polar surface area (TPSA) is 114 Å². The molecule has 6 nitrogen and oxygen atoms in total. The summed E-state index contributed by atoms with van der Waals surface area (Å²) in [5.74, 6) is 0.565. The van der Waals surface area contributed by atoms with Crippen LogP contribution in [0.2, 0.25) is 0 Å². The Kier molecular flexibility index (Phi) is 1.63. The smallest absolute Gasteiger partial charge is 0.248 e. The van der Waals surface area contributed by atoms with Gasteiger partial charge >= 0.3 is 0 Å². The first kappa shape index (κ1) is 7.93. The lowest BCUT2D eigenvalue weighted by molar-refractivity contribution is 0.300. The van der Waals surface area contributed by atoms with Gasteiger partial charge < -0.3 is 26.0 Å². The zero-order valence-electron chi connectivity index (χ0n) is 6.87. The summed E-state index contributed by atoms with van der Waals surface area (Å²) in [6.07, 6.45) is 0.431. The van der Waals surface area contributed by atoms with E-state index in [4.69, 9.17) is 21.0 Å². The number of nitrogen functional groups attached to an aromatic ring is 2. The van der Waals surface area contributed by atoms with Crippen molar-refractivity contribution < 1.29 is 9.52 Å². The molecular formula is C7H10N4O2. The molecule has 2 heterocycles. The predicted molar refractivity (Wildman–Crippen MR) is 48.0 cm³/mol. The molecule has 13 heavy (non-hydrogen) atoms. The average Bonchev–Trinajstić information content (AvgIpc) is 2.52. The highest BCUT2D eigenvalue weighted by Crippen LogP contribution is 2.26. The molecule has 2 aromatic rings. The van der Waals surface area contributed by atoms with Gasteiger partial charge in [-0.1, -0.05) is 0 Å². The number of aliphatic hydroxyl groups is 1. The molecule has 0 fully saturated rings. The van der Waals surface area contributed by atoms with E-state index in [2.05, 4.69) is 9.97 Å². The number of anilines is 2. The number of hydrogen-bond donors (Lipinski definition) is 4. The maximum atomic E-state index is 8.77. The van der Waals surface area contributed by atoms with Crippen molar-refractivity contribution in [3.8, 4) is 0 Å². The number of aliphatic hydroxyl groups excluding tert-OH is 1. The maximum Gasteiger partial charge on any atom is 0.248 e. The molecule has 0 radical (unpaired) electrons. The Hall–Kier alpha value is -1.69. The van der Waals surface area contributed by atoms with Gasteiger partial charge in [-0.25, -0.2) is 0 Å². The summed E-state index contributed by atoms with van der Waals surface area (Å²) in [5.41, 5.74) is 12.8. The molecule has 0 aliphatic carbocycles. The minimum atomic E-state index is 0.0117. The number of hydrogen-bond acceptors (Lipinski definition) is 5. The van der Waals surface area contributed by atoms with Crippen molar-refractivity contribution in [3.05, 3.63) is 5.56 Å². The molecule has 0 saturated heterocycles. The van der Waals surface area contributed by atoms with E-state index in [-0.39, 0.29) is 18.4 Å². The van der Waals surface area contributed by atoms with Crippen molar-refractivity contribution in [1.29, 1.82) is 0 Å². The summed E-state index contributed by atoms with van der Waals surface area (Å²) in [7, 11) is 0. The third kappa shape index (κ3) is 1.11. The van der Waals surface area contributed by atoms with Crippen molar-refractivity contribution in [1.82, 2.24) is 9.97 Å². The number of furan rings is 1. The van der Waals surface area contributed by atoms with Gasteiger partial charge in [0.05, 0.1) is 0 Å². The number of H-pyrrole nitrogens is 1. The van der Waals surface area contributed by atoms with Gasteiger partial charge in [-0.2, -0.15) is 4.98 Å². The molecule has 0 saturated carbocycles. The first-order valence-corrected chi connectivity index (χ1v) is 3.85. The Balaban J connectivity index is 2.61. The zero-order valence-corrected chi connectivity index (χ0v) is 6.87. The molecule has 6 N–H and O–H groups in total. The normalized spacial score (nSPS) is 11.2. The van der Waals surface area contributed by atoms with Crippen molar-refractivity contribution >= 4 is 23.1 Å². The van der Waals surface area contributed by atoms with Crippen LogP contribution in [0.15, 0.2) is 4.42 Å². The molecule has 70 valence electrons. The SMILES string of the molecule is Nc1nc2oc(N)c(CCO)c2[nH]1. The number of aromatic amines is 1. The second kappa shape index (κ2) is 2.67. The third-order valence-electron chi connectivity index (χ3n) is 1.86. The quantitative estimate of drug-likeness (QED) is 0.516. The molecule has 0 aliphatic heterocycles. The number of nitrogens with zero attached hydrogens (tertiary/aromatic N) is 1. The predicted octanol–water partition coefficient (Wildman–Crippen LogP) is -0.145. The fraction of sp³-hybridized carbons (Fsp3) is 0.286. The van der Waals surface area contributed by atoms with Gasteiger partial charge in [0.1, 0.15) is 5.52 Å². The summed E-state index contributed by atoms with van der Waals surface area (Å²) in [6, 6.07) is 0. The number of rotatable bonds is 2. The van der Waals surface area contributed by atoms with Crippen LogP contribution >= 0.6 is 0 Å². The molecule has 0 aliphatic rings. The lowest BCUT2D eigenvalue weighted by Gasteiger charge is -1.93. The van der Waals surface area contributed by atoms with E-state index in [1.807, 2.05) is 0 Å². The monoisotopic (exact) mass is 182 g/mol. The van der Waals surface area contributed by atoms with Crippen molar-refractivity contribution in [2.75, 3.05) is 18.1 Å². The molecule has 0 spiro atoms. The summed E-state index contributed by atoms with van der Waals surface area (Å²) in [4.78, 5) is 6.69. The van der Waals surface area contributed by atoms with Crippen LogP contribution in [-0.4, -0.2) is 21.7 Å². The van der Waals surface area contributed by atoms with Crippen LogP contribution in [0.1, 0.15) is 5.56 Å². The molecule has 0 aromatic carbocycles. The number of fused-ring (bicyclic) bond motifs is 1. The van der Waals surface area contributed by atoms with Crippen molar-refractivity contribution in [2.45, 2.75) is 6.42 Å². The van der Waals surface area contributed by atoms with Gasteiger partial charge in [-0.15, -0.1) is 0 Å². The highest BCUT2D eigenvalue weighted by molar-refractivity contribution is 5.80. The van der Waals surface area contributed by atoms with Gasteiger partial charge in [0.25, 0.3) is 0 Å². The Bertz CT molecular complexity index is 431. The van der Waals surface area contributed by atoms with Crippen LogP contribution in [0.25, 0.3) is 11.2 Å². The van der Waals surface area contributed by atoms with Crippen LogP contribution in [0.4, 0.5) is 11.8 Å². The van der Waals surface area contributed by atoms with E-state index in [9.17, 15) is 0 Å². The largest absolute Gasteiger partial charge is 0.421 e. The summed E-state index contributed by atoms with van der Waals surface area (Å²) in [6.45, 7) is 0.0117. The van der Waals surface area contributed by atoms with E-state index in [0.29, 0.717) is 17.7 Å². The Morgan fingerprint density at radius 3 is 2.92 bits per heavy atom. The van der Waals surface area contributed by atoms with Gasteiger partial charge in [-0.3, -0.25) is 0 Å². The molecule has 6 heteroatoms. The number of imidazole rings is 1. The van der Waals surface area contributed by atoms with Crippen molar-refractivity contribution in [3.63, 3.8) is 0 Å². The van der Waals surface area contributed by atoms with Crippen LogP contribution in [-0.2, 0) is 6.42 Å². The number of nitrogens with two attached hydrogens (primary N) is 2.